The Balaban J connectivity index is 1.71. The number of carboxylic acid groups (broad SMARTS) is 1. The second-order valence-corrected chi connectivity index (χ2v) is 19.0. The molecule has 2 N–H and O–H groups in total. The molecule has 58 heavy (non-hydrogen) atoms. The molecule has 2 aliphatic heterocycles. The number of hydrogen-bond donors (Lipinski definition) is 2. The monoisotopic (exact) mass is 863 g/mol. The van der Waals surface area contributed by atoms with Gasteiger partial charge in [0.2, 0.25) is 5.69 Å². The maximum atomic E-state index is 12.1. The van der Waals surface area contributed by atoms with Gasteiger partial charge in [-0.2, -0.15) is 13.0 Å². The molecule has 0 saturated heterocycles. The number of hydrogen-bond acceptors (Lipinski definition) is 12. The molecule has 0 radical (unpaired) electrons. The molecule has 0 fully saturated rings. The topological polar surface area (TPSA) is 231 Å². The minimum absolute atomic E-state index is 0.00759. The maximum Gasteiger partial charge on any atom is 0.303 e. The molecule has 2 aromatic rings. The van der Waals surface area contributed by atoms with Crippen LogP contribution in [-0.2, 0) is 55.5 Å². The van der Waals surface area contributed by atoms with Gasteiger partial charge in [0.1, 0.15) is 16.7 Å². The first-order valence-corrected chi connectivity index (χ1v) is 23.1. The van der Waals surface area contributed by atoms with Crippen LogP contribution in [-0.4, -0.2) is 107 Å². The third-order valence-corrected chi connectivity index (χ3v) is 13.1. The Bertz CT molecular complexity index is 2330. The number of unbranched alkanes of at least 4 members (excludes halogenated alkanes) is 2. The summed E-state index contributed by atoms with van der Waals surface area (Å²) in [4.78, 5) is 12.5. The third kappa shape index (κ3) is 11.4. The zero-order valence-corrected chi connectivity index (χ0v) is 35.4. The van der Waals surface area contributed by atoms with Crippen molar-refractivity contribution >= 4 is 53.4 Å². The summed E-state index contributed by atoms with van der Waals surface area (Å²) in [6.07, 6.45) is 14.9. The highest BCUT2D eigenvalue weighted by atomic mass is 32.2. The van der Waals surface area contributed by atoms with Crippen molar-refractivity contribution in [1.82, 2.24) is 0 Å². The van der Waals surface area contributed by atoms with E-state index in [4.69, 9.17) is 14.6 Å². The maximum absolute atomic E-state index is 12.1. The van der Waals surface area contributed by atoms with E-state index in [0.717, 1.165) is 11.4 Å². The van der Waals surface area contributed by atoms with Crippen molar-refractivity contribution in [2.75, 3.05) is 51.2 Å². The lowest BCUT2D eigenvalue weighted by Crippen LogP contribution is -2.32. The second-order valence-electron chi connectivity index (χ2n) is 14.6. The molecule has 0 aromatic heterocycles. The highest BCUT2D eigenvalue weighted by Crippen LogP contribution is 2.50. The Labute approximate surface area is 341 Å². The van der Waals surface area contributed by atoms with Crippen LogP contribution in [0.1, 0.15) is 69.9 Å². The standard InChI is InChI=1S/C40H52N2O13S3/c1-39(21-13-27-56(45,46)47)32-28-30(57(48,49)50)17-19-34(32)41(23-12-8-11-16-38(43)44)36(39)14-9-6-5-7-10-15-37-40(2,22-25-54-3)33-29-31(58(51,52)53)18-20-35(33)42(37)24-26-55-4/h5-7,9-10,14-15,17-20,28-29H,8,11-13,16,21-27H2,1-4H3,(H3-,43,44,45,46,47,48,49,50,51,52,53)/p-1. The van der Waals surface area contributed by atoms with Crippen LogP contribution >= 0.6 is 0 Å². The van der Waals surface area contributed by atoms with Gasteiger partial charge in [-0.15, -0.1) is 0 Å². The van der Waals surface area contributed by atoms with E-state index in [1.54, 1.807) is 51.5 Å². The second kappa shape index (κ2) is 19.4. The van der Waals surface area contributed by atoms with Gasteiger partial charge in [-0.25, -0.2) is 16.8 Å². The molecule has 2 heterocycles. The minimum Gasteiger partial charge on any atom is -0.748 e. The van der Waals surface area contributed by atoms with Gasteiger partial charge in [0, 0.05) is 80.5 Å². The zero-order chi connectivity index (χ0) is 42.9. The number of carbonyl (C=O) groups is 1. The van der Waals surface area contributed by atoms with Crippen molar-refractivity contribution in [1.29, 1.82) is 0 Å². The summed E-state index contributed by atoms with van der Waals surface area (Å²) < 4.78 is 118. The highest BCUT2D eigenvalue weighted by Gasteiger charge is 2.48. The van der Waals surface area contributed by atoms with Gasteiger partial charge in [-0.3, -0.25) is 9.35 Å². The van der Waals surface area contributed by atoms with Gasteiger partial charge in [0.15, 0.2) is 5.71 Å². The molecule has 0 bridgehead atoms. The summed E-state index contributed by atoms with van der Waals surface area (Å²) in [5, 5.41) is 9.08. The first kappa shape index (κ1) is 46.7. The van der Waals surface area contributed by atoms with E-state index in [1.165, 1.54) is 30.3 Å². The first-order chi connectivity index (χ1) is 27.2. The number of carboxylic acids is 1. The van der Waals surface area contributed by atoms with Gasteiger partial charge in [-0.05, 0) is 87.9 Å². The summed E-state index contributed by atoms with van der Waals surface area (Å²) in [6, 6.07) is 8.58. The van der Waals surface area contributed by atoms with E-state index >= 15 is 0 Å². The van der Waals surface area contributed by atoms with Crippen LogP contribution in [0.3, 0.4) is 0 Å². The summed E-state index contributed by atoms with van der Waals surface area (Å²) in [5.41, 5.74) is 2.43. The Kier molecular flexibility index (Phi) is 15.6. The van der Waals surface area contributed by atoms with Gasteiger partial charge >= 0.3 is 5.97 Å². The van der Waals surface area contributed by atoms with Crippen LogP contribution in [0.25, 0.3) is 0 Å². The molecule has 15 nitrogen and oxygen atoms in total. The highest BCUT2D eigenvalue weighted by molar-refractivity contribution is 7.86. The normalized spacial score (nSPS) is 20.7. The number of rotatable bonds is 22. The Morgan fingerprint density at radius 2 is 1.47 bits per heavy atom. The van der Waals surface area contributed by atoms with E-state index in [1.807, 2.05) is 34.6 Å². The van der Waals surface area contributed by atoms with Crippen LogP contribution in [0.4, 0.5) is 11.4 Å². The molecule has 0 amide bonds. The van der Waals surface area contributed by atoms with E-state index in [2.05, 4.69) is 0 Å². The van der Waals surface area contributed by atoms with Crippen molar-refractivity contribution < 1.29 is 62.9 Å². The molecule has 2 atom stereocenters. The number of fused-ring (bicyclic) bond motifs is 2. The zero-order valence-electron chi connectivity index (χ0n) is 33.0. The van der Waals surface area contributed by atoms with Gasteiger partial charge in [0.25, 0.3) is 10.1 Å². The summed E-state index contributed by atoms with van der Waals surface area (Å²) in [6.45, 7) is 5.42. The van der Waals surface area contributed by atoms with Crippen LogP contribution in [0.15, 0.2) is 94.4 Å². The van der Waals surface area contributed by atoms with Crippen molar-refractivity contribution in [3.63, 3.8) is 0 Å². The predicted octanol–water partition coefficient (Wildman–Crippen LogP) is 5.18. The quantitative estimate of drug-likeness (QED) is 0.0673. The average Bonchev–Trinajstić information content (AvgIpc) is 3.50. The fraction of sp³-hybridized carbons (Fsp3) is 0.450. The first-order valence-electron chi connectivity index (χ1n) is 18.7. The number of ether oxygens (including phenoxy) is 2. The molecule has 2 aromatic carbocycles. The summed E-state index contributed by atoms with van der Waals surface area (Å²) in [5.74, 6) is -1.54. The van der Waals surface area contributed by atoms with E-state index in [9.17, 15) is 43.7 Å². The van der Waals surface area contributed by atoms with Crippen LogP contribution in [0, 0.1) is 0 Å². The molecular formula is C40H51N2O13S3-. The molecule has 0 aliphatic carbocycles. The largest absolute Gasteiger partial charge is 0.748 e. The summed E-state index contributed by atoms with van der Waals surface area (Å²) >= 11 is 0. The van der Waals surface area contributed by atoms with Crippen molar-refractivity contribution in [3.8, 4) is 0 Å². The molecular weight excluding hydrogens is 813 g/mol. The Morgan fingerprint density at radius 1 is 0.810 bits per heavy atom. The van der Waals surface area contributed by atoms with Gasteiger partial charge in [0.05, 0.1) is 31.9 Å². The smallest absolute Gasteiger partial charge is 0.303 e. The number of anilines is 1. The molecule has 2 aliphatic rings. The molecule has 4 rings (SSSR count). The van der Waals surface area contributed by atoms with Gasteiger partial charge in [-0.1, -0.05) is 30.4 Å². The van der Waals surface area contributed by atoms with E-state index in [0.29, 0.717) is 74.5 Å². The summed E-state index contributed by atoms with van der Waals surface area (Å²) in [7, 11) is -10.7. The van der Waals surface area contributed by atoms with Crippen molar-refractivity contribution in [2.45, 2.75) is 79.4 Å². The number of aliphatic carboxylic acids is 1. The molecule has 0 saturated carbocycles. The van der Waals surface area contributed by atoms with Crippen LogP contribution < -0.4 is 4.90 Å². The fourth-order valence-electron chi connectivity index (χ4n) is 7.69. The predicted molar refractivity (Wildman–Crippen MR) is 216 cm³/mol. The Hall–Kier alpha value is -4.01. The molecule has 0 spiro atoms. The molecule has 18 heteroatoms. The number of benzene rings is 2. The van der Waals surface area contributed by atoms with E-state index in [-0.39, 0.29) is 24.2 Å². The van der Waals surface area contributed by atoms with E-state index < -0.39 is 57.8 Å². The van der Waals surface area contributed by atoms with Crippen LogP contribution in [0.2, 0.25) is 0 Å². The lowest BCUT2D eigenvalue weighted by atomic mass is 9.76. The fourth-order valence-corrected chi connectivity index (χ4v) is 9.19. The van der Waals surface area contributed by atoms with Crippen molar-refractivity contribution in [3.05, 3.63) is 95.8 Å². The minimum atomic E-state index is -4.84. The van der Waals surface area contributed by atoms with Crippen molar-refractivity contribution in [2.24, 2.45) is 0 Å². The molecule has 2 unspecified atom stereocenters. The van der Waals surface area contributed by atoms with Gasteiger partial charge < -0.3 is 28.6 Å². The SMILES string of the molecule is COCCN1/C(=C/C=C/C=C/C=C/C2=[N+](CCCCCC(=O)O)c3ccc(S(=O)(=O)[O-])cc3C2(C)CCCS(=O)(=O)[O-])C(C)(CCOC)c2cc(S(=O)(=O)O)ccc21. The average molecular weight is 864 g/mol. The third-order valence-electron chi connectivity index (χ3n) is 10.6. The number of methoxy groups -OCH3 is 2. The number of nitrogens with zero attached hydrogens (tertiary/aromatic N) is 2. The number of allylic oxidation sites excluding steroid dienone is 8. The Morgan fingerprint density at radius 3 is 2.10 bits per heavy atom. The van der Waals surface area contributed by atoms with Crippen LogP contribution in [0.5, 0.6) is 0 Å². The molecule has 318 valence electrons. The lowest BCUT2D eigenvalue weighted by molar-refractivity contribution is -0.438. The lowest BCUT2D eigenvalue weighted by Gasteiger charge is -2.30.